The summed E-state index contributed by atoms with van der Waals surface area (Å²) in [4.78, 5) is 22.3. The van der Waals surface area contributed by atoms with Crippen molar-refractivity contribution in [3.05, 3.63) is 11.3 Å². The Bertz CT molecular complexity index is 226. The van der Waals surface area contributed by atoms with Crippen LogP contribution in [0.2, 0.25) is 0 Å². The molecule has 0 saturated carbocycles. The summed E-state index contributed by atoms with van der Waals surface area (Å²) in [6.45, 7) is 1.44. The Balaban J connectivity index is 5.08. The summed E-state index contributed by atoms with van der Waals surface area (Å²) >= 11 is 0. The van der Waals surface area contributed by atoms with E-state index in [9.17, 15) is 9.59 Å². The van der Waals surface area contributed by atoms with Gasteiger partial charge < -0.3 is 15.1 Å². The molecule has 0 aliphatic heterocycles. The van der Waals surface area contributed by atoms with E-state index in [0.29, 0.717) is 0 Å². The zero-order valence-corrected chi connectivity index (χ0v) is 7.16. The number of hydrogen-bond donors (Lipinski definition) is 2. The molecule has 5 heteroatoms. The number of hydrogen-bond acceptors (Lipinski definition) is 3. The van der Waals surface area contributed by atoms with Gasteiger partial charge in [0, 0.05) is 19.8 Å². The molecule has 0 aromatic carbocycles. The van der Waals surface area contributed by atoms with Crippen molar-refractivity contribution in [2.75, 3.05) is 14.1 Å². The van der Waals surface area contributed by atoms with Crippen LogP contribution < -0.4 is 0 Å². The fourth-order valence-corrected chi connectivity index (χ4v) is 0.625. The van der Waals surface area contributed by atoms with Crippen LogP contribution in [0.3, 0.4) is 0 Å². The maximum atomic E-state index is 10.4. The minimum atomic E-state index is -1.42. The van der Waals surface area contributed by atoms with Crippen molar-refractivity contribution in [1.82, 2.24) is 4.90 Å². The van der Waals surface area contributed by atoms with E-state index in [-0.39, 0.29) is 5.70 Å². The third-order valence-corrected chi connectivity index (χ3v) is 1.46. The number of allylic oxidation sites excluding steroid dienone is 1. The third kappa shape index (κ3) is 2.26. The summed E-state index contributed by atoms with van der Waals surface area (Å²) in [5, 5.41) is 17.0. The van der Waals surface area contributed by atoms with E-state index in [4.69, 9.17) is 10.2 Å². The second-order valence-electron chi connectivity index (χ2n) is 2.47. The first-order chi connectivity index (χ1) is 5.37. The van der Waals surface area contributed by atoms with Gasteiger partial charge in [0.15, 0.2) is 5.57 Å². The normalized spacial score (nSPS) is 8.92. The predicted octanol–water partition coefficient (Wildman–Crippen LogP) is -0.00880. The molecule has 0 spiro atoms. The number of aliphatic carboxylic acids is 2. The van der Waals surface area contributed by atoms with Gasteiger partial charge in [0.05, 0.1) is 0 Å². The van der Waals surface area contributed by atoms with E-state index in [0.717, 1.165) is 0 Å². The lowest BCUT2D eigenvalue weighted by atomic mass is 10.2. The van der Waals surface area contributed by atoms with Gasteiger partial charge in [0.25, 0.3) is 0 Å². The molecule has 0 unspecified atom stereocenters. The summed E-state index contributed by atoms with van der Waals surface area (Å²) in [5.41, 5.74) is -0.380. The van der Waals surface area contributed by atoms with Crippen LogP contribution in [0.4, 0.5) is 0 Å². The van der Waals surface area contributed by atoms with Crippen LogP contribution in [0.15, 0.2) is 11.3 Å². The molecule has 0 aliphatic carbocycles. The molecule has 0 heterocycles. The van der Waals surface area contributed by atoms with Gasteiger partial charge in [0.1, 0.15) is 0 Å². The monoisotopic (exact) mass is 173 g/mol. The van der Waals surface area contributed by atoms with Crippen LogP contribution in [0.1, 0.15) is 6.92 Å². The molecule has 0 bridgehead atoms. The Hall–Kier alpha value is -1.52. The van der Waals surface area contributed by atoms with Crippen LogP contribution in [-0.4, -0.2) is 41.1 Å². The quantitative estimate of drug-likeness (QED) is 0.356. The van der Waals surface area contributed by atoms with Crippen molar-refractivity contribution in [3.63, 3.8) is 0 Å². The van der Waals surface area contributed by atoms with Gasteiger partial charge in [-0.1, -0.05) is 0 Å². The fourth-order valence-electron chi connectivity index (χ4n) is 0.625. The lowest BCUT2D eigenvalue weighted by Crippen LogP contribution is -2.20. The topological polar surface area (TPSA) is 77.8 Å². The number of nitrogens with zero attached hydrogens (tertiary/aromatic N) is 1. The zero-order chi connectivity index (χ0) is 9.89. The van der Waals surface area contributed by atoms with E-state index < -0.39 is 17.5 Å². The second-order valence-corrected chi connectivity index (χ2v) is 2.47. The SMILES string of the molecule is CC(=C(C(=O)O)C(=O)O)N(C)C. The number of carboxylic acid groups (broad SMARTS) is 2. The van der Waals surface area contributed by atoms with Crippen LogP contribution in [0.25, 0.3) is 0 Å². The Morgan fingerprint density at radius 2 is 1.42 bits per heavy atom. The first kappa shape index (κ1) is 10.5. The Morgan fingerprint density at radius 3 is 1.50 bits per heavy atom. The van der Waals surface area contributed by atoms with Crippen molar-refractivity contribution in [2.24, 2.45) is 0 Å². The molecule has 0 aromatic rings. The number of carbonyl (C=O) groups is 2. The van der Waals surface area contributed by atoms with E-state index in [1.165, 1.54) is 11.8 Å². The summed E-state index contributed by atoms with van der Waals surface area (Å²) in [6.07, 6.45) is 0. The minimum absolute atomic E-state index is 0.218. The first-order valence-corrected chi connectivity index (χ1v) is 3.22. The van der Waals surface area contributed by atoms with Crippen LogP contribution in [0, 0.1) is 0 Å². The molecule has 0 fully saturated rings. The Kier molecular flexibility index (Phi) is 3.28. The molecule has 68 valence electrons. The molecule has 5 nitrogen and oxygen atoms in total. The average Bonchev–Trinajstić information content (AvgIpc) is 1.85. The highest BCUT2D eigenvalue weighted by Gasteiger charge is 2.20. The smallest absolute Gasteiger partial charge is 0.344 e. The van der Waals surface area contributed by atoms with Crippen LogP contribution in [0.5, 0.6) is 0 Å². The van der Waals surface area contributed by atoms with Gasteiger partial charge in [-0.05, 0) is 6.92 Å². The molecule has 12 heavy (non-hydrogen) atoms. The summed E-state index contributed by atoms with van der Waals surface area (Å²) < 4.78 is 0. The molecule has 0 rings (SSSR count). The van der Waals surface area contributed by atoms with E-state index in [1.54, 1.807) is 14.1 Å². The van der Waals surface area contributed by atoms with Crippen LogP contribution in [-0.2, 0) is 9.59 Å². The number of rotatable bonds is 3. The molecule has 0 atom stereocenters. The minimum Gasteiger partial charge on any atom is -0.477 e. The summed E-state index contributed by atoms with van der Waals surface area (Å²) in [6, 6.07) is 0. The fraction of sp³-hybridized carbons (Fsp3) is 0.429. The van der Waals surface area contributed by atoms with Gasteiger partial charge in [-0.2, -0.15) is 0 Å². The lowest BCUT2D eigenvalue weighted by Gasteiger charge is -2.13. The molecule has 0 aliphatic rings. The highest BCUT2D eigenvalue weighted by molar-refractivity contribution is 6.12. The average molecular weight is 173 g/mol. The lowest BCUT2D eigenvalue weighted by molar-refractivity contribution is -0.140. The van der Waals surface area contributed by atoms with Crippen LogP contribution >= 0.6 is 0 Å². The molecular formula is C7H11NO4. The van der Waals surface area contributed by atoms with Crippen molar-refractivity contribution in [1.29, 1.82) is 0 Å². The standard InChI is InChI=1S/C7H11NO4/c1-4(8(2)3)5(6(9)10)7(11)12/h1-3H3,(H,9,10)(H,11,12). The Labute approximate surface area is 69.9 Å². The van der Waals surface area contributed by atoms with E-state index in [2.05, 4.69) is 0 Å². The second kappa shape index (κ2) is 3.75. The van der Waals surface area contributed by atoms with E-state index >= 15 is 0 Å². The van der Waals surface area contributed by atoms with Gasteiger partial charge >= 0.3 is 11.9 Å². The van der Waals surface area contributed by atoms with Gasteiger partial charge in [-0.25, -0.2) is 9.59 Å². The Morgan fingerprint density at radius 1 is 1.08 bits per heavy atom. The van der Waals surface area contributed by atoms with E-state index in [1.807, 2.05) is 0 Å². The molecule has 0 amide bonds. The predicted molar refractivity (Wildman–Crippen MR) is 41.7 cm³/mol. The highest BCUT2D eigenvalue weighted by Crippen LogP contribution is 2.06. The zero-order valence-electron chi connectivity index (χ0n) is 7.16. The van der Waals surface area contributed by atoms with Gasteiger partial charge in [-0.3, -0.25) is 0 Å². The molecular weight excluding hydrogens is 162 g/mol. The highest BCUT2D eigenvalue weighted by atomic mass is 16.4. The van der Waals surface area contributed by atoms with Crippen molar-refractivity contribution in [2.45, 2.75) is 6.92 Å². The first-order valence-electron chi connectivity index (χ1n) is 3.22. The molecule has 0 radical (unpaired) electrons. The molecule has 0 saturated heterocycles. The van der Waals surface area contributed by atoms with Gasteiger partial charge in [0.2, 0.25) is 0 Å². The van der Waals surface area contributed by atoms with Gasteiger partial charge in [-0.15, -0.1) is 0 Å². The van der Waals surface area contributed by atoms with Crippen molar-refractivity contribution < 1.29 is 19.8 Å². The largest absolute Gasteiger partial charge is 0.477 e. The van der Waals surface area contributed by atoms with Crippen molar-refractivity contribution in [3.8, 4) is 0 Å². The molecule has 2 N–H and O–H groups in total. The molecule has 0 aromatic heterocycles. The van der Waals surface area contributed by atoms with Crippen molar-refractivity contribution >= 4 is 11.9 Å². The number of carboxylic acids is 2. The summed E-state index contributed by atoms with van der Waals surface area (Å²) in [5.74, 6) is -2.84. The maximum Gasteiger partial charge on any atom is 0.344 e. The summed E-state index contributed by atoms with van der Waals surface area (Å²) in [7, 11) is 3.17. The maximum absolute atomic E-state index is 10.4. The third-order valence-electron chi connectivity index (χ3n) is 1.46.